The van der Waals surface area contributed by atoms with Gasteiger partial charge in [-0.3, -0.25) is 0 Å². The number of aromatic nitrogens is 1. The summed E-state index contributed by atoms with van der Waals surface area (Å²) in [5, 5.41) is 0. The zero-order chi connectivity index (χ0) is 13.2. The molecule has 4 saturated carbocycles. The normalized spacial score (nSPS) is 41.7. The molecule has 0 aromatic carbocycles. The molecule has 0 saturated heterocycles. The van der Waals surface area contributed by atoms with Crippen molar-refractivity contribution in [2.75, 3.05) is 0 Å². The fourth-order valence-corrected chi connectivity index (χ4v) is 5.43. The Labute approximate surface area is 115 Å². The molecule has 3 heteroatoms. The third-order valence-electron chi connectivity index (χ3n) is 5.74. The van der Waals surface area contributed by atoms with Gasteiger partial charge in [0, 0.05) is 5.41 Å². The third-order valence-corrected chi connectivity index (χ3v) is 5.74. The monoisotopic (exact) mass is 260 g/mol. The van der Waals surface area contributed by atoms with Gasteiger partial charge in [0.05, 0.1) is 11.7 Å². The fraction of sp³-hybridized carbons (Fsp3) is 0.812. The van der Waals surface area contributed by atoms with Crippen LogP contribution in [0.2, 0.25) is 0 Å². The summed E-state index contributed by atoms with van der Waals surface area (Å²) in [5.74, 6) is 4.69. The quantitative estimate of drug-likeness (QED) is 0.885. The van der Waals surface area contributed by atoms with Gasteiger partial charge in [-0.2, -0.15) is 0 Å². The fourth-order valence-electron chi connectivity index (χ4n) is 5.43. The topological polar surface area (TPSA) is 52.0 Å². The van der Waals surface area contributed by atoms with Crippen LogP contribution in [0.15, 0.2) is 4.42 Å². The van der Waals surface area contributed by atoms with Crippen molar-refractivity contribution in [1.29, 1.82) is 0 Å². The second-order valence-corrected chi connectivity index (χ2v) is 7.46. The molecule has 1 unspecified atom stereocenters. The molecule has 19 heavy (non-hydrogen) atoms. The van der Waals surface area contributed by atoms with E-state index < -0.39 is 0 Å². The minimum atomic E-state index is -0.0461. The number of hydrogen-bond acceptors (Lipinski definition) is 3. The average Bonchev–Trinajstić information content (AvgIpc) is 2.70. The van der Waals surface area contributed by atoms with E-state index in [1.54, 1.807) is 0 Å². The van der Waals surface area contributed by atoms with Crippen molar-refractivity contribution in [3.8, 4) is 0 Å². The maximum atomic E-state index is 6.12. The van der Waals surface area contributed by atoms with Crippen molar-refractivity contribution in [2.45, 2.75) is 63.8 Å². The van der Waals surface area contributed by atoms with Crippen LogP contribution >= 0.6 is 0 Å². The molecular weight excluding hydrogens is 236 g/mol. The van der Waals surface area contributed by atoms with Crippen LogP contribution in [0.5, 0.6) is 0 Å². The van der Waals surface area contributed by atoms with Crippen LogP contribution < -0.4 is 5.73 Å². The van der Waals surface area contributed by atoms with Gasteiger partial charge < -0.3 is 10.2 Å². The summed E-state index contributed by atoms with van der Waals surface area (Å²) in [6, 6.07) is -0.0461. The molecule has 1 heterocycles. The number of nitrogens with two attached hydrogens (primary N) is 1. The summed E-state index contributed by atoms with van der Waals surface area (Å²) in [7, 11) is 0. The molecule has 0 spiro atoms. The molecule has 3 nitrogen and oxygen atoms in total. The third kappa shape index (κ3) is 1.70. The van der Waals surface area contributed by atoms with E-state index >= 15 is 0 Å². The molecule has 1 aromatic rings. The summed E-state index contributed by atoms with van der Waals surface area (Å²) in [6.07, 6.45) is 8.28. The first-order chi connectivity index (χ1) is 9.06. The molecule has 0 aliphatic heterocycles. The lowest BCUT2D eigenvalue weighted by molar-refractivity contribution is -0.0183. The first-order valence-corrected chi connectivity index (χ1v) is 7.79. The van der Waals surface area contributed by atoms with Crippen LogP contribution in [0, 0.1) is 24.7 Å². The second kappa shape index (κ2) is 3.85. The Bertz CT molecular complexity index is 468. The maximum absolute atomic E-state index is 6.12. The number of oxazole rings is 1. The maximum Gasteiger partial charge on any atom is 0.200 e. The van der Waals surface area contributed by atoms with E-state index in [9.17, 15) is 0 Å². The van der Waals surface area contributed by atoms with Crippen molar-refractivity contribution >= 4 is 0 Å². The van der Waals surface area contributed by atoms with E-state index in [-0.39, 0.29) is 11.5 Å². The summed E-state index contributed by atoms with van der Waals surface area (Å²) >= 11 is 0. The van der Waals surface area contributed by atoms with Gasteiger partial charge in [-0.25, -0.2) is 4.98 Å². The summed E-state index contributed by atoms with van der Waals surface area (Å²) in [6.45, 7) is 4.02. The molecule has 104 valence electrons. The Kier molecular flexibility index (Phi) is 2.42. The SMILES string of the molecule is Cc1nc(C23CC4CC(CC(C4)C2)C3)oc1C(C)N. The Balaban J connectivity index is 1.73. The standard InChI is InChI=1S/C16H24N2O/c1-9(17)14-10(2)18-15(19-14)16-6-11-3-12(7-16)5-13(4-11)8-16/h9,11-13H,3-8,17H2,1-2H3. The lowest BCUT2D eigenvalue weighted by Crippen LogP contribution is -2.48. The van der Waals surface area contributed by atoms with Gasteiger partial charge in [-0.15, -0.1) is 0 Å². The molecule has 4 aliphatic rings. The summed E-state index contributed by atoms with van der Waals surface area (Å²) in [4.78, 5) is 4.78. The van der Waals surface area contributed by atoms with E-state index in [0.717, 1.165) is 35.1 Å². The highest BCUT2D eigenvalue weighted by molar-refractivity contribution is 5.20. The number of nitrogens with zero attached hydrogens (tertiary/aromatic N) is 1. The van der Waals surface area contributed by atoms with Gasteiger partial charge >= 0.3 is 0 Å². The lowest BCUT2D eigenvalue weighted by atomic mass is 9.49. The largest absolute Gasteiger partial charge is 0.443 e. The van der Waals surface area contributed by atoms with Gasteiger partial charge in [0.1, 0.15) is 5.76 Å². The van der Waals surface area contributed by atoms with Crippen LogP contribution in [0.3, 0.4) is 0 Å². The molecule has 4 aliphatic carbocycles. The van der Waals surface area contributed by atoms with Crippen molar-refractivity contribution in [2.24, 2.45) is 23.5 Å². The van der Waals surface area contributed by atoms with Crippen molar-refractivity contribution in [3.05, 3.63) is 17.3 Å². The van der Waals surface area contributed by atoms with E-state index in [1.165, 1.54) is 38.5 Å². The highest BCUT2D eigenvalue weighted by Gasteiger charge is 2.54. The Hall–Kier alpha value is -0.830. The van der Waals surface area contributed by atoms with Crippen molar-refractivity contribution in [3.63, 3.8) is 0 Å². The first-order valence-electron chi connectivity index (χ1n) is 7.79. The molecule has 0 radical (unpaired) electrons. The van der Waals surface area contributed by atoms with Gasteiger partial charge in [0.15, 0.2) is 0 Å². The summed E-state index contributed by atoms with van der Waals surface area (Å²) in [5.41, 5.74) is 7.24. The van der Waals surface area contributed by atoms with Crippen molar-refractivity contribution in [1.82, 2.24) is 4.98 Å². The molecule has 0 amide bonds. The molecule has 1 atom stereocenters. The lowest BCUT2D eigenvalue weighted by Gasteiger charge is -2.55. The van der Waals surface area contributed by atoms with Crippen molar-refractivity contribution < 1.29 is 4.42 Å². The van der Waals surface area contributed by atoms with Gasteiger partial charge in [0.2, 0.25) is 5.89 Å². The Morgan fingerprint density at radius 1 is 1.16 bits per heavy atom. The minimum Gasteiger partial charge on any atom is -0.443 e. The molecule has 4 fully saturated rings. The van der Waals surface area contributed by atoms with Gasteiger partial charge in [-0.05, 0) is 70.1 Å². The molecule has 1 aromatic heterocycles. The summed E-state index contributed by atoms with van der Waals surface area (Å²) < 4.78 is 6.12. The average molecular weight is 260 g/mol. The second-order valence-electron chi connectivity index (χ2n) is 7.46. The van der Waals surface area contributed by atoms with Crippen LogP contribution in [0.25, 0.3) is 0 Å². The van der Waals surface area contributed by atoms with E-state index in [0.29, 0.717) is 0 Å². The first kappa shape index (κ1) is 12.0. The molecule has 4 bridgehead atoms. The Morgan fingerprint density at radius 2 is 1.68 bits per heavy atom. The van der Waals surface area contributed by atoms with E-state index in [1.807, 2.05) is 13.8 Å². The van der Waals surface area contributed by atoms with Gasteiger partial charge in [-0.1, -0.05) is 0 Å². The van der Waals surface area contributed by atoms with Crippen LogP contribution in [0.1, 0.15) is 68.8 Å². The zero-order valence-corrected chi connectivity index (χ0v) is 12.0. The van der Waals surface area contributed by atoms with E-state index in [2.05, 4.69) is 0 Å². The molecule has 2 N–H and O–H groups in total. The van der Waals surface area contributed by atoms with Gasteiger partial charge in [0.25, 0.3) is 0 Å². The highest BCUT2D eigenvalue weighted by atomic mass is 16.4. The zero-order valence-electron chi connectivity index (χ0n) is 12.0. The number of aryl methyl sites for hydroxylation is 1. The molecule has 5 rings (SSSR count). The van der Waals surface area contributed by atoms with Crippen LogP contribution in [-0.4, -0.2) is 4.98 Å². The van der Waals surface area contributed by atoms with E-state index in [4.69, 9.17) is 15.1 Å². The Morgan fingerprint density at radius 3 is 2.11 bits per heavy atom. The number of rotatable bonds is 2. The highest BCUT2D eigenvalue weighted by Crippen LogP contribution is 2.60. The smallest absolute Gasteiger partial charge is 0.200 e. The predicted molar refractivity (Wildman–Crippen MR) is 73.7 cm³/mol. The van der Waals surface area contributed by atoms with Crippen LogP contribution in [0.4, 0.5) is 0 Å². The number of hydrogen-bond donors (Lipinski definition) is 1. The molecular formula is C16H24N2O. The predicted octanol–water partition coefficient (Wildman–Crippen LogP) is 3.47. The minimum absolute atomic E-state index is 0.0461. The van der Waals surface area contributed by atoms with Crippen LogP contribution in [-0.2, 0) is 5.41 Å².